The van der Waals surface area contributed by atoms with E-state index in [1.54, 1.807) is 5.38 Å². The van der Waals surface area contributed by atoms with Crippen LogP contribution in [0, 0.1) is 10.1 Å². The summed E-state index contributed by atoms with van der Waals surface area (Å²) in [6, 6.07) is 0. The Morgan fingerprint density at radius 3 is 2.69 bits per heavy atom. The summed E-state index contributed by atoms with van der Waals surface area (Å²) >= 11 is 12.4. The van der Waals surface area contributed by atoms with E-state index < -0.39 is 4.92 Å². The molecule has 0 saturated heterocycles. The molecule has 2 aromatic heterocycles. The topological polar surface area (TPSA) is 81.8 Å². The normalized spacial score (nSPS) is 10.4. The van der Waals surface area contributed by atoms with E-state index in [9.17, 15) is 10.1 Å². The fraction of sp³-hybridized carbons (Fsp3) is 0. The Morgan fingerprint density at radius 2 is 2.12 bits per heavy atom. The van der Waals surface area contributed by atoms with Crippen molar-refractivity contribution in [1.29, 1.82) is 0 Å². The second kappa shape index (κ2) is 4.28. The second-order valence-corrected chi connectivity index (χ2v) is 4.17. The molecule has 0 aliphatic carbocycles. The fourth-order valence-electron chi connectivity index (χ4n) is 1.05. The van der Waals surface area contributed by atoms with Crippen LogP contribution in [0.2, 0.25) is 10.4 Å². The van der Waals surface area contributed by atoms with Crippen molar-refractivity contribution in [3.8, 4) is 10.7 Å². The molecular formula is C7H2Cl2N4O2S. The van der Waals surface area contributed by atoms with Gasteiger partial charge >= 0.3 is 5.69 Å². The number of nitro groups is 1. The highest BCUT2D eigenvalue weighted by Gasteiger charge is 2.25. The summed E-state index contributed by atoms with van der Waals surface area (Å²) in [5.41, 5.74) is -0.356. The predicted octanol–water partition coefficient (Wildman–Crippen LogP) is 2.82. The molecule has 2 heterocycles. The zero-order valence-corrected chi connectivity index (χ0v) is 9.75. The minimum atomic E-state index is -0.657. The summed E-state index contributed by atoms with van der Waals surface area (Å²) in [7, 11) is 0. The summed E-state index contributed by atoms with van der Waals surface area (Å²) in [5, 5.41) is 12.4. The van der Waals surface area contributed by atoms with Crippen LogP contribution in [0.25, 0.3) is 10.7 Å². The molecule has 0 amide bonds. The van der Waals surface area contributed by atoms with E-state index >= 15 is 0 Å². The van der Waals surface area contributed by atoms with Gasteiger partial charge in [0.2, 0.25) is 10.4 Å². The third-order valence-electron chi connectivity index (χ3n) is 1.63. The van der Waals surface area contributed by atoms with Gasteiger partial charge in [0.25, 0.3) is 0 Å². The third kappa shape index (κ3) is 1.97. The average Bonchev–Trinajstić information content (AvgIpc) is 2.67. The molecule has 0 atom stereocenters. The van der Waals surface area contributed by atoms with Gasteiger partial charge in [-0.3, -0.25) is 10.1 Å². The molecule has 0 aliphatic heterocycles. The first kappa shape index (κ1) is 11.2. The van der Waals surface area contributed by atoms with Gasteiger partial charge in [-0.2, -0.15) is 4.98 Å². The van der Waals surface area contributed by atoms with Crippen molar-refractivity contribution in [2.45, 2.75) is 0 Å². The molecule has 82 valence electrons. The van der Waals surface area contributed by atoms with Crippen molar-refractivity contribution in [1.82, 2.24) is 15.0 Å². The van der Waals surface area contributed by atoms with Gasteiger partial charge in [0.05, 0.1) is 4.92 Å². The molecule has 9 heteroatoms. The number of nitrogens with zero attached hydrogens (tertiary/aromatic N) is 4. The molecular weight excluding hydrogens is 275 g/mol. The van der Waals surface area contributed by atoms with E-state index in [4.69, 9.17) is 23.2 Å². The Labute approximate surface area is 103 Å². The molecule has 0 aliphatic rings. The maximum Gasteiger partial charge on any atom is 0.335 e. The first-order valence-electron chi connectivity index (χ1n) is 3.87. The average molecular weight is 277 g/mol. The van der Waals surface area contributed by atoms with Gasteiger partial charge < -0.3 is 0 Å². The molecule has 0 radical (unpaired) electrons. The zero-order chi connectivity index (χ0) is 11.7. The third-order valence-corrected chi connectivity index (χ3v) is 2.84. The molecule has 0 bridgehead atoms. The molecule has 6 nitrogen and oxygen atoms in total. The molecule has 0 aromatic carbocycles. The Kier molecular flexibility index (Phi) is 2.99. The van der Waals surface area contributed by atoms with Gasteiger partial charge in [0.1, 0.15) is 5.01 Å². The van der Waals surface area contributed by atoms with E-state index in [0.717, 1.165) is 0 Å². The van der Waals surface area contributed by atoms with E-state index in [1.807, 2.05) is 0 Å². The van der Waals surface area contributed by atoms with Crippen LogP contribution in [-0.2, 0) is 0 Å². The summed E-state index contributed by atoms with van der Waals surface area (Å²) in [6.45, 7) is 0. The summed E-state index contributed by atoms with van der Waals surface area (Å²) in [6.07, 6.45) is 1.51. The molecule has 0 spiro atoms. The second-order valence-electron chi connectivity index (χ2n) is 2.58. The van der Waals surface area contributed by atoms with Gasteiger partial charge in [-0.15, -0.1) is 11.3 Å². The van der Waals surface area contributed by atoms with Crippen molar-refractivity contribution < 1.29 is 4.92 Å². The van der Waals surface area contributed by atoms with Gasteiger partial charge in [0, 0.05) is 11.6 Å². The van der Waals surface area contributed by atoms with Crippen LogP contribution in [0.3, 0.4) is 0 Å². The van der Waals surface area contributed by atoms with Crippen molar-refractivity contribution in [3.05, 3.63) is 32.1 Å². The van der Waals surface area contributed by atoms with E-state index in [1.165, 1.54) is 17.5 Å². The quantitative estimate of drug-likeness (QED) is 0.365. The van der Waals surface area contributed by atoms with Gasteiger partial charge in [-0.05, 0) is 11.6 Å². The van der Waals surface area contributed by atoms with Gasteiger partial charge in [-0.25, -0.2) is 9.97 Å². The fourth-order valence-corrected chi connectivity index (χ4v) is 2.13. The maximum atomic E-state index is 10.8. The lowest BCUT2D eigenvalue weighted by Gasteiger charge is -2.00. The highest BCUT2D eigenvalue weighted by Crippen LogP contribution is 2.34. The van der Waals surface area contributed by atoms with Gasteiger partial charge in [0.15, 0.2) is 5.69 Å². The highest BCUT2D eigenvalue weighted by atomic mass is 35.5. The van der Waals surface area contributed by atoms with Crippen molar-refractivity contribution in [2.75, 3.05) is 0 Å². The zero-order valence-electron chi connectivity index (χ0n) is 7.42. The van der Waals surface area contributed by atoms with Crippen LogP contribution in [0.1, 0.15) is 0 Å². The molecule has 0 fully saturated rings. The van der Waals surface area contributed by atoms with Gasteiger partial charge in [-0.1, -0.05) is 11.6 Å². The van der Waals surface area contributed by atoms with Crippen molar-refractivity contribution in [3.63, 3.8) is 0 Å². The van der Waals surface area contributed by atoms with Crippen LogP contribution in [0.15, 0.2) is 11.6 Å². The smallest absolute Gasteiger partial charge is 0.258 e. The first-order valence-corrected chi connectivity index (χ1v) is 5.50. The monoisotopic (exact) mass is 276 g/mol. The Morgan fingerprint density at radius 1 is 1.38 bits per heavy atom. The lowest BCUT2D eigenvalue weighted by atomic mass is 10.3. The number of thiazole rings is 1. The number of rotatable bonds is 2. The van der Waals surface area contributed by atoms with E-state index in [-0.39, 0.29) is 21.8 Å². The summed E-state index contributed by atoms with van der Waals surface area (Å²) in [4.78, 5) is 21.4. The molecule has 2 rings (SSSR count). The van der Waals surface area contributed by atoms with Crippen LogP contribution in [0.5, 0.6) is 0 Å². The van der Waals surface area contributed by atoms with Crippen LogP contribution in [0.4, 0.5) is 5.69 Å². The molecule has 0 N–H and O–H groups in total. The Balaban J connectivity index is 2.72. The summed E-state index contributed by atoms with van der Waals surface area (Å²) < 4.78 is 0. The van der Waals surface area contributed by atoms with Crippen molar-refractivity contribution in [2.24, 2.45) is 0 Å². The SMILES string of the molecule is O=[N+]([O-])c1c(Cl)nc(Cl)nc1-c1nccs1. The van der Waals surface area contributed by atoms with Crippen LogP contribution in [-0.4, -0.2) is 19.9 Å². The van der Waals surface area contributed by atoms with E-state index in [0.29, 0.717) is 5.01 Å². The number of aromatic nitrogens is 3. The predicted molar refractivity (Wildman–Crippen MR) is 59.8 cm³/mol. The molecule has 2 aromatic rings. The minimum absolute atomic E-state index is 0.0324. The number of hydrogen-bond donors (Lipinski definition) is 0. The summed E-state index contributed by atoms with van der Waals surface area (Å²) in [5.74, 6) is 0. The highest BCUT2D eigenvalue weighted by molar-refractivity contribution is 7.13. The van der Waals surface area contributed by atoms with E-state index in [2.05, 4.69) is 15.0 Å². The lowest BCUT2D eigenvalue weighted by molar-refractivity contribution is -0.384. The molecule has 0 saturated carbocycles. The van der Waals surface area contributed by atoms with Crippen LogP contribution >= 0.6 is 34.5 Å². The standard InChI is InChI=1S/C7H2Cl2N4O2S/c8-5-4(13(14)15)3(11-7(9)12-5)6-10-1-2-16-6/h1-2H. The minimum Gasteiger partial charge on any atom is -0.258 e. The Bertz CT molecular complexity index is 546. The number of hydrogen-bond acceptors (Lipinski definition) is 6. The largest absolute Gasteiger partial charge is 0.335 e. The van der Waals surface area contributed by atoms with Crippen molar-refractivity contribution >= 4 is 40.2 Å². The lowest BCUT2D eigenvalue weighted by Crippen LogP contribution is -1.98. The first-order chi connectivity index (χ1) is 7.59. The van der Waals surface area contributed by atoms with Crippen LogP contribution < -0.4 is 0 Å². The Hall–Kier alpha value is -1.31. The number of halogens is 2. The molecule has 0 unspecified atom stereocenters. The maximum absolute atomic E-state index is 10.8. The molecule has 16 heavy (non-hydrogen) atoms.